The van der Waals surface area contributed by atoms with Gasteiger partial charge in [-0.15, -0.1) is 0 Å². The van der Waals surface area contributed by atoms with Crippen molar-refractivity contribution in [1.29, 1.82) is 0 Å². The predicted molar refractivity (Wildman–Crippen MR) is 75.9 cm³/mol. The first-order valence-corrected chi connectivity index (χ1v) is 6.11. The molecule has 2 rings (SSSR count). The third-order valence-electron chi connectivity index (χ3n) is 2.82. The van der Waals surface area contributed by atoms with Crippen molar-refractivity contribution in [2.24, 2.45) is 0 Å². The van der Waals surface area contributed by atoms with E-state index in [0.29, 0.717) is 5.75 Å². The predicted octanol–water partition coefficient (Wildman–Crippen LogP) is 2.92. The molecule has 0 spiro atoms. The van der Waals surface area contributed by atoms with Crippen molar-refractivity contribution in [1.82, 2.24) is 4.98 Å². The highest BCUT2D eigenvalue weighted by atomic mass is 16.6. The molecular weight excluding hydrogens is 258 g/mol. The Balaban J connectivity index is 2.13. The van der Waals surface area contributed by atoms with E-state index in [1.165, 1.54) is 12.1 Å². The number of nitrogens with zero attached hydrogens (tertiary/aromatic N) is 2. The Bertz CT molecular complexity index is 629. The van der Waals surface area contributed by atoms with E-state index in [2.05, 4.69) is 10.3 Å². The lowest BCUT2D eigenvalue weighted by atomic mass is 10.2. The van der Waals surface area contributed by atoms with Crippen LogP contribution in [0.2, 0.25) is 0 Å². The second-order valence-corrected chi connectivity index (χ2v) is 4.26. The van der Waals surface area contributed by atoms with Crippen LogP contribution in [0.25, 0.3) is 0 Å². The zero-order valence-electron chi connectivity index (χ0n) is 11.3. The number of nitro benzene ring substituents is 1. The highest BCUT2D eigenvalue weighted by Crippen LogP contribution is 2.24. The van der Waals surface area contributed by atoms with Crippen LogP contribution in [0.3, 0.4) is 0 Å². The molecule has 6 nitrogen and oxygen atoms in total. The first kappa shape index (κ1) is 13.8. The van der Waals surface area contributed by atoms with Gasteiger partial charge in [-0.2, -0.15) is 0 Å². The molecule has 0 atom stereocenters. The molecule has 0 unspecified atom stereocenters. The highest BCUT2D eigenvalue weighted by molar-refractivity contribution is 5.43. The van der Waals surface area contributed by atoms with E-state index in [4.69, 9.17) is 4.74 Å². The fourth-order valence-electron chi connectivity index (χ4n) is 1.71. The fourth-order valence-corrected chi connectivity index (χ4v) is 1.71. The summed E-state index contributed by atoms with van der Waals surface area (Å²) in [5.41, 5.74) is 1.62. The van der Waals surface area contributed by atoms with Gasteiger partial charge in [-0.1, -0.05) is 6.07 Å². The van der Waals surface area contributed by atoms with Gasteiger partial charge in [0, 0.05) is 13.1 Å². The summed E-state index contributed by atoms with van der Waals surface area (Å²) in [5, 5.41) is 13.7. The van der Waals surface area contributed by atoms with Crippen molar-refractivity contribution in [3.8, 4) is 5.75 Å². The smallest absolute Gasteiger partial charge is 0.273 e. The lowest BCUT2D eigenvalue weighted by molar-refractivity contribution is -0.385. The molecule has 1 heterocycles. The van der Waals surface area contributed by atoms with Gasteiger partial charge in [0.05, 0.1) is 16.7 Å². The Kier molecular flexibility index (Phi) is 4.14. The van der Waals surface area contributed by atoms with Crippen LogP contribution in [0.1, 0.15) is 11.3 Å². The summed E-state index contributed by atoms with van der Waals surface area (Å²) >= 11 is 0. The van der Waals surface area contributed by atoms with Crippen LogP contribution in [-0.2, 0) is 6.61 Å². The van der Waals surface area contributed by atoms with Crippen molar-refractivity contribution in [3.63, 3.8) is 0 Å². The van der Waals surface area contributed by atoms with E-state index < -0.39 is 4.92 Å². The van der Waals surface area contributed by atoms with Gasteiger partial charge in [-0.25, -0.2) is 4.98 Å². The second-order valence-electron chi connectivity index (χ2n) is 4.26. The molecule has 0 aliphatic carbocycles. The number of non-ortho nitro benzene ring substituents is 1. The van der Waals surface area contributed by atoms with Crippen molar-refractivity contribution in [2.75, 3.05) is 12.4 Å². The Morgan fingerprint density at radius 1 is 1.35 bits per heavy atom. The minimum absolute atomic E-state index is 0.0162. The number of aryl methyl sites for hydroxylation is 1. The van der Waals surface area contributed by atoms with Gasteiger partial charge in [0.1, 0.15) is 18.2 Å². The number of anilines is 1. The lowest BCUT2D eigenvalue weighted by Gasteiger charge is -2.09. The van der Waals surface area contributed by atoms with Crippen LogP contribution in [0.4, 0.5) is 11.5 Å². The van der Waals surface area contributed by atoms with E-state index in [0.717, 1.165) is 17.1 Å². The van der Waals surface area contributed by atoms with Crippen LogP contribution in [0, 0.1) is 17.0 Å². The monoisotopic (exact) mass is 273 g/mol. The molecule has 20 heavy (non-hydrogen) atoms. The van der Waals surface area contributed by atoms with Crippen molar-refractivity contribution < 1.29 is 9.66 Å². The Hall–Kier alpha value is -2.63. The van der Waals surface area contributed by atoms with Crippen LogP contribution >= 0.6 is 0 Å². The van der Waals surface area contributed by atoms with Crippen molar-refractivity contribution in [2.45, 2.75) is 13.5 Å². The van der Waals surface area contributed by atoms with Gasteiger partial charge in [0.25, 0.3) is 5.69 Å². The van der Waals surface area contributed by atoms with Gasteiger partial charge in [-0.3, -0.25) is 10.1 Å². The molecule has 1 aromatic heterocycles. The highest BCUT2D eigenvalue weighted by Gasteiger charge is 2.10. The summed E-state index contributed by atoms with van der Waals surface area (Å²) in [6.07, 6.45) is 0. The van der Waals surface area contributed by atoms with Crippen molar-refractivity contribution in [3.05, 3.63) is 57.8 Å². The molecule has 0 aliphatic rings. The number of nitrogens with one attached hydrogen (secondary N) is 1. The standard InChI is InChI=1S/C14H15N3O3/c1-10-6-7-12(17(18)19)8-13(10)20-9-11-4-3-5-14(15-2)16-11/h3-8H,9H2,1-2H3,(H,15,16). The first-order chi connectivity index (χ1) is 9.60. The number of nitro groups is 1. The van der Waals surface area contributed by atoms with Crippen LogP contribution in [0.5, 0.6) is 5.75 Å². The van der Waals surface area contributed by atoms with Gasteiger partial charge in [0.2, 0.25) is 0 Å². The molecule has 0 aliphatic heterocycles. The average molecular weight is 273 g/mol. The third-order valence-corrected chi connectivity index (χ3v) is 2.82. The van der Waals surface area contributed by atoms with Crippen LogP contribution < -0.4 is 10.1 Å². The number of aromatic nitrogens is 1. The SMILES string of the molecule is CNc1cccc(COc2cc([N+](=O)[O-])ccc2C)n1. The molecule has 0 saturated heterocycles. The first-order valence-electron chi connectivity index (χ1n) is 6.11. The summed E-state index contributed by atoms with van der Waals surface area (Å²) in [6, 6.07) is 10.1. The Morgan fingerprint density at radius 2 is 2.15 bits per heavy atom. The maximum atomic E-state index is 10.8. The number of benzene rings is 1. The lowest BCUT2D eigenvalue weighted by Crippen LogP contribution is -2.02. The zero-order valence-corrected chi connectivity index (χ0v) is 11.3. The largest absolute Gasteiger partial charge is 0.487 e. The molecule has 104 valence electrons. The Labute approximate surface area is 116 Å². The molecule has 1 N–H and O–H groups in total. The van der Waals surface area contributed by atoms with E-state index in [9.17, 15) is 10.1 Å². The van der Waals surface area contributed by atoms with Gasteiger partial charge < -0.3 is 10.1 Å². The van der Waals surface area contributed by atoms with Gasteiger partial charge >= 0.3 is 0 Å². The summed E-state index contributed by atoms with van der Waals surface area (Å²) in [7, 11) is 1.79. The molecule has 6 heteroatoms. The molecular formula is C14H15N3O3. The molecule has 0 amide bonds. The molecule has 2 aromatic rings. The summed E-state index contributed by atoms with van der Waals surface area (Å²) in [4.78, 5) is 14.6. The maximum Gasteiger partial charge on any atom is 0.273 e. The van der Waals surface area contributed by atoms with Crippen molar-refractivity contribution >= 4 is 11.5 Å². The van der Waals surface area contributed by atoms with Gasteiger partial charge in [0.15, 0.2) is 0 Å². The van der Waals surface area contributed by atoms with E-state index in [1.807, 2.05) is 25.1 Å². The summed E-state index contributed by atoms with van der Waals surface area (Å²) in [5.74, 6) is 1.25. The number of pyridine rings is 1. The molecule has 0 bridgehead atoms. The number of hydrogen-bond donors (Lipinski definition) is 1. The zero-order chi connectivity index (χ0) is 14.5. The second kappa shape index (κ2) is 6.01. The molecule has 0 fully saturated rings. The number of hydrogen-bond acceptors (Lipinski definition) is 5. The topological polar surface area (TPSA) is 77.3 Å². The minimum Gasteiger partial charge on any atom is -0.487 e. The Morgan fingerprint density at radius 3 is 2.85 bits per heavy atom. The summed E-state index contributed by atoms with van der Waals surface area (Å²) in [6.45, 7) is 2.11. The average Bonchev–Trinajstić information content (AvgIpc) is 2.46. The maximum absolute atomic E-state index is 10.8. The molecule has 0 saturated carbocycles. The van der Waals surface area contributed by atoms with Crippen LogP contribution in [-0.4, -0.2) is 17.0 Å². The van der Waals surface area contributed by atoms with E-state index >= 15 is 0 Å². The summed E-state index contributed by atoms with van der Waals surface area (Å²) < 4.78 is 5.62. The van der Waals surface area contributed by atoms with Gasteiger partial charge in [-0.05, 0) is 30.7 Å². The van der Waals surface area contributed by atoms with E-state index in [1.54, 1.807) is 13.1 Å². The number of rotatable bonds is 5. The third kappa shape index (κ3) is 3.23. The normalized spacial score (nSPS) is 10.1. The quantitative estimate of drug-likeness (QED) is 0.669. The minimum atomic E-state index is -0.438. The van der Waals surface area contributed by atoms with Crippen LogP contribution in [0.15, 0.2) is 36.4 Å². The number of ether oxygens (including phenoxy) is 1. The van der Waals surface area contributed by atoms with E-state index in [-0.39, 0.29) is 12.3 Å². The fraction of sp³-hybridized carbons (Fsp3) is 0.214. The molecule has 0 radical (unpaired) electrons. The molecule has 1 aromatic carbocycles.